The normalized spacial score (nSPS) is 16.6. The van der Waals surface area contributed by atoms with E-state index in [1.54, 1.807) is 0 Å². The van der Waals surface area contributed by atoms with Crippen LogP contribution in [0.5, 0.6) is 0 Å². The summed E-state index contributed by atoms with van der Waals surface area (Å²) in [6.45, 7) is -1.60. The van der Waals surface area contributed by atoms with Gasteiger partial charge in [0.05, 0.1) is 19.3 Å². The lowest BCUT2D eigenvalue weighted by atomic mass is 9.94. The number of hydrogen-bond donors (Lipinski definition) is 1. The van der Waals surface area contributed by atoms with Crippen molar-refractivity contribution in [3.63, 3.8) is 0 Å². The average molecular weight is 477 g/mol. The third-order valence-electron chi connectivity index (χ3n) is 3.39. The first kappa shape index (κ1) is 28.7. The van der Waals surface area contributed by atoms with E-state index >= 15 is 0 Å². The van der Waals surface area contributed by atoms with Crippen molar-refractivity contribution in [3.05, 3.63) is 12.2 Å². The quantitative estimate of drug-likeness (QED) is 0.275. The van der Waals surface area contributed by atoms with E-state index in [2.05, 4.69) is 4.74 Å². The fraction of sp³-hybridized carbons (Fsp3) is 0.857. The predicted octanol–water partition coefficient (Wildman–Crippen LogP) is 4.22. The van der Waals surface area contributed by atoms with Gasteiger partial charge in [-0.05, 0) is 20.2 Å². The molecule has 30 heavy (non-hydrogen) atoms. The van der Waals surface area contributed by atoms with Crippen molar-refractivity contribution in [2.45, 2.75) is 41.9 Å². The Morgan fingerprint density at radius 2 is 1.20 bits per heavy atom. The molecule has 0 aromatic carbocycles. The molecule has 1 atom stereocenters. The lowest BCUT2D eigenvalue weighted by molar-refractivity contribution is -0.436. The van der Waals surface area contributed by atoms with Gasteiger partial charge in [-0.3, -0.25) is 0 Å². The fourth-order valence-corrected chi connectivity index (χ4v) is 1.83. The standard InChI is InChI=1S/C14H16F13NO2/c1-28(2)6-8(29)7-30-5-3-4-9(15,16)10(17,18)11(19,20)12(21,22)13(23,24)14(25,26)27/h3-4,8,29H,5-7H2,1-2H3/b4-3+. The molecule has 0 aromatic heterocycles. The Morgan fingerprint density at radius 1 is 0.767 bits per heavy atom. The minimum absolute atomic E-state index is 0.00661. The summed E-state index contributed by atoms with van der Waals surface area (Å²) in [7, 11) is 3.04. The van der Waals surface area contributed by atoms with E-state index in [4.69, 9.17) is 0 Å². The smallest absolute Gasteiger partial charge is 0.389 e. The Morgan fingerprint density at radius 3 is 1.60 bits per heavy atom. The van der Waals surface area contributed by atoms with Crippen LogP contribution in [-0.2, 0) is 4.74 Å². The van der Waals surface area contributed by atoms with E-state index in [9.17, 15) is 62.2 Å². The van der Waals surface area contributed by atoms with Crippen molar-refractivity contribution in [2.24, 2.45) is 0 Å². The molecule has 0 aromatic rings. The molecule has 1 unspecified atom stereocenters. The number of aliphatic hydroxyl groups excluding tert-OH is 1. The molecule has 1 N–H and O–H groups in total. The summed E-state index contributed by atoms with van der Waals surface area (Å²) in [6.07, 6.45) is -9.83. The maximum Gasteiger partial charge on any atom is 0.460 e. The molecule has 0 heterocycles. The first-order chi connectivity index (χ1) is 13.1. The van der Waals surface area contributed by atoms with Crippen molar-refractivity contribution >= 4 is 0 Å². The molecule has 0 saturated carbocycles. The molecule has 0 rings (SSSR count). The Kier molecular flexibility index (Phi) is 8.67. The fourth-order valence-electron chi connectivity index (χ4n) is 1.83. The van der Waals surface area contributed by atoms with Gasteiger partial charge < -0.3 is 14.7 Å². The van der Waals surface area contributed by atoms with Crippen LogP contribution in [0.2, 0.25) is 0 Å². The molecule has 0 amide bonds. The van der Waals surface area contributed by atoms with E-state index in [0.29, 0.717) is 0 Å². The summed E-state index contributed by atoms with van der Waals surface area (Å²) < 4.78 is 172. The predicted molar refractivity (Wildman–Crippen MR) is 75.3 cm³/mol. The minimum atomic E-state index is -7.92. The summed E-state index contributed by atoms with van der Waals surface area (Å²) >= 11 is 0. The van der Waals surface area contributed by atoms with Crippen LogP contribution in [0.3, 0.4) is 0 Å². The van der Waals surface area contributed by atoms with Gasteiger partial charge in [-0.15, -0.1) is 0 Å². The van der Waals surface area contributed by atoms with Gasteiger partial charge in [-0.2, -0.15) is 57.1 Å². The number of allylic oxidation sites excluding steroid dienone is 1. The van der Waals surface area contributed by atoms with Crippen LogP contribution in [0.25, 0.3) is 0 Å². The molecule has 16 heteroatoms. The molecule has 0 radical (unpaired) electrons. The average Bonchev–Trinajstić information content (AvgIpc) is 2.51. The molecule has 0 aliphatic carbocycles. The van der Waals surface area contributed by atoms with Gasteiger partial charge in [0.25, 0.3) is 0 Å². The number of nitrogens with zero attached hydrogens (tertiary/aromatic N) is 1. The Bertz CT molecular complexity index is 587. The number of ether oxygens (including phenoxy) is 1. The Labute approximate surface area is 161 Å². The second-order valence-electron chi connectivity index (χ2n) is 6.27. The Hall–Kier alpha value is -1.29. The second-order valence-corrected chi connectivity index (χ2v) is 6.27. The summed E-state index contributed by atoms with van der Waals surface area (Å²) in [5, 5.41) is 9.34. The highest BCUT2D eigenvalue weighted by atomic mass is 19.4. The van der Waals surface area contributed by atoms with Crippen LogP contribution in [0, 0.1) is 0 Å². The third-order valence-corrected chi connectivity index (χ3v) is 3.39. The highest BCUT2D eigenvalue weighted by Crippen LogP contribution is 2.60. The lowest BCUT2D eigenvalue weighted by Crippen LogP contribution is -2.69. The van der Waals surface area contributed by atoms with E-state index in [-0.39, 0.29) is 12.6 Å². The highest BCUT2D eigenvalue weighted by molar-refractivity contribution is 5.15. The van der Waals surface area contributed by atoms with Crippen LogP contribution in [0.15, 0.2) is 12.2 Å². The first-order valence-corrected chi connectivity index (χ1v) is 7.60. The van der Waals surface area contributed by atoms with Gasteiger partial charge in [-0.25, -0.2) is 0 Å². The molecule has 0 fully saturated rings. The van der Waals surface area contributed by atoms with E-state index in [1.165, 1.54) is 19.0 Å². The van der Waals surface area contributed by atoms with Crippen molar-refractivity contribution in [1.29, 1.82) is 0 Å². The second kappa shape index (κ2) is 9.06. The summed E-state index contributed by atoms with van der Waals surface area (Å²) in [4.78, 5) is 1.46. The van der Waals surface area contributed by atoms with Gasteiger partial charge in [0, 0.05) is 6.54 Å². The topological polar surface area (TPSA) is 32.7 Å². The van der Waals surface area contributed by atoms with E-state index in [0.717, 1.165) is 0 Å². The number of halogens is 13. The van der Waals surface area contributed by atoms with Crippen molar-refractivity contribution < 1.29 is 66.9 Å². The molecule has 0 saturated heterocycles. The van der Waals surface area contributed by atoms with Gasteiger partial charge in [0.1, 0.15) is 0 Å². The van der Waals surface area contributed by atoms with Crippen molar-refractivity contribution in [1.82, 2.24) is 4.90 Å². The van der Waals surface area contributed by atoms with Gasteiger partial charge in [0.15, 0.2) is 0 Å². The van der Waals surface area contributed by atoms with E-state index in [1.807, 2.05) is 0 Å². The molecule has 0 aliphatic heterocycles. The zero-order valence-electron chi connectivity index (χ0n) is 15.1. The number of likely N-dealkylation sites (N-methyl/N-ethyl adjacent to an activating group) is 1. The van der Waals surface area contributed by atoms with Crippen molar-refractivity contribution in [3.8, 4) is 0 Å². The van der Waals surface area contributed by atoms with Crippen LogP contribution in [-0.4, -0.2) is 85.8 Å². The van der Waals surface area contributed by atoms with Gasteiger partial charge in [0.2, 0.25) is 0 Å². The van der Waals surface area contributed by atoms with Crippen LogP contribution >= 0.6 is 0 Å². The molecule has 0 bridgehead atoms. The number of rotatable bonds is 11. The zero-order chi connectivity index (χ0) is 24.4. The molecular weight excluding hydrogens is 461 g/mol. The molecule has 0 aliphatic rings. The van der Waals surface area contributed by atoms with Crippen molar-refractivity contribution in [2.75, 3.05) is 33.9 Å². The molecule has 3 nitrogen and oxygen atoms in total. The zero-order valence-corrected chi connectivity index (χ0v) is 15.1. The van der Waals surface area contributed by atoms with Gasteiger partial charge >= 0.3 is 35.8 Å². The van der Waals surface area contributed by atoms with E-state index < -0.39 is 61.2 Å². The monoisotopic (exact) mass is 477 g/mol. The number of aliphatic hydroxyl groups is 1. The third kappa shape index (κ3) is 5.49. The SMILES string of the molecule is CN(C)CC(O)COC/C=C/C(F)(F)C(F)(F)C(F)(F)C(F)(F)C(F)(F)C(F)(F)F. The minimum Gasteiger partial charge on any atom is -0.389 e. The summed E-state index contributed by atoms with van der Waals surface area (Å²) in [6, 6.07) is 0. The summed E-state index contributed by atoms with van der Waals surface area (Å²) in [5.41, 5.74) is 0. The number of hydrogen-bond acceptors (Lipinski definition) is 3. The maximum absolute atomic E-state index is 13.4. The van der Waals surface area contributed by atoms with Crippen LogP contribution in [0.4, 0.5) is 57.1 Å². The molecule has 180 valence electrons. The number of alkyl halides is 13. The largest absolute Gasteiger partial charge is 0.460 e. The summed E-state index contributed by atoms with van der Waals surface area (Å²) in [5.74, 6) is -37.1. The molecular formula is C14H16F13NO2. The van der Waals surface area contributed by atoms with Gasteiger partial charge in [-0.1, -0.05) is 6.08 Å². The maximum atomic E-state index is 13.4. The molecule has 0 spiro atoms. The van der Waals surface area contributed by atoms with Crippen LogP contribution < -0.4 is 0 Å². The first-order valence-electron chi connectivity index (χ1n) is 7.60. The highest BCUT2D eigenvalue weighted by Gasteiger charge is 2.90. The van der Waals surface area contributed by atoms with Crippen LogP contribution in [0.1, 0.15) is 0 Å². The Balaban J connectivity index is 5.51. The lowest BCUT2D eigenvalue weighted by Gasteiger charge is -2.39.